The molecular weight excluding hydrogens is 935 g/mol. The number of azo groups is 2. The van der Waals surface area contributed by atoms with Gasteiger partial charge in [0.2, 0.25) is 0 Å². The molecule has 0 aromatic heterocycles. The maximum Gasteiger partial charge on any atom is 0.500 e. The molecule has 1 amide bonds. The summed E-state index contributed by atoms with van der Waals surface area (Å²) in [5.41, 5.74) is 12.3. The second-order valence-corrected chi connectivity index (χ2v) is 20.6. The van der Waals surface area contributed by atoms with Gasteiger partial charge in [-0.3, -0.25) is 4.79 Å². The number of fused-ring (bicyclic) bond motifs is 2. The van der Waals surface area contributed by atoms with Gasteiger partial charge in [0.05, 0.1) is 28.3 Å². The number of carbonyl (C=O) groups is 1. The second kappa shape index (κ2) is 28.4. The van der Waals surface area contributed by atoms with Crippen molar-refractivity contribution in [1.29, 1.82) is 0 Å². The molecule has 5 aromatic rings. The first-order valence-corrected chi connectivity index (χ1v) is 26.9. The minimum Gasteiger partial charge on any atom is -0.507 e. The minimum atomic E-state index is -2.90. The van der Waals surface area contributed by atoms with Gasteiger partial charge >= 0.3 is 17.6 Å². The molecule has 0 radical (unpaired) electrons. The van der Waals surface area contributed by atoms with Gasteiger partial charge in [0.15, 0.2) is 11.5 Å². The van der Waals surface area contributed by atoms with Crippen LogP contribution in [0.1, 0.15) is 64.7 Å². The standard InChI is InChI=1S/C36H40N6O10SSi.C9H23NO3Si/c1-4-48-54(49-5-2,50-6-3)19-9-18-38-36(46)32-30(43)17-16-29(35(32)45)41-39-27-14-15-28(25-11-8-7-10-24(25)27)40-42-33-31(53-52-51-47)20-22-12-13-23(37)21-26(22)34(33)44;1-4-11-14(12-5-2,13-6-3)9-7-8-10/h7-8,10-17,20-21,43-45,47H,4-6,9,18-19,37H2,1-3H3,(H,38,46);4-10H2,1-3H3. The molecule has 0 aliphatic rings. The first kappa shape index (κ1) is 55.5. The van der Waals surface area contributed by atoms with Crippen LogP contribution in [0.25, 0.3) is 21.5 Å². The number of anilines is 1. The van der Waals surface area contributed by atoms with Crippen LogP contribution in [0, 0.1) is 0 Å². The molecule has 0 fully saturated rings. The predicted octanol–water partition coefficient (Wildman–Crippen LogP) is 10.5. The Hall–Kier alpha value is -5.13. The summed E-state index contributed by atoms with van der Waals surface area (Å²) in [4.78, 5) is 13.4. The summed E-state index contributed by atoms with van der Waals surface area (Å²) < 4.78 is 39.2. The lowest BCUT2D eigenvalue weighted by Gasteiger charge is -2.28. The van der Waals surface area contributed by atoms with Crippen molar-refractivity contribution in [2.24, 2.45) is 26.2 Å². The highest BCUT2D eigenvalue weighted by Gasteiger charge is 2.40. The molecule has 0 saturated carbocycles. The van der Waals surface area contributed by atoms with Crippen molar-refractivity contribution in [3.8, 4) is 17.2 Å². The van der Waals surface area contributed by atoms with Crippen molar-refractivity contribution in [3.63, 3.8) is 0 Å². The third kappa shape index (κ3) is 15.2. The molecule has 0 saturated heterocycles. The average molecular weight is 998 g/mol. The van der Waals surface area contributed by atoms with Crippen molar-refractivity contribution >= 4 is 85.5 Å². The number of hydrogen-bond acceptors (Lipinski definition) is 20. The lowest BCUT2D eigenvalue weighted by molar-refractivity contribution is -0.432. The molecule has 5 aromatic carbocycles. The van der Waals surface area contributed by atoms with Gasteiger partial charge in [0.1, 0.15) is 22.7 Å². The average Bonchev–Trinajstić information content (AvgIpc) is 3.32. The van der Waals surface area contributed by atoms with Crippen molar-refractivity contribution in [3.05, 3.63) is 78.4 Å². The highest BCUT2D eigenvalue weighted by molar-refractivity contribution is 7.94. The van der Waals surface area contributed by atoms with E-state index < -0.39 is 35.0 Å². The molecule has 5 rings (SSSR count). The largest absolute Gasteiger partial charge is 0.507 e. The molecular formula is C45H63N7O13SSi2. The highest BCUT2D eigenvalue weighted by Crippen LogP contribution is 2.45. The molecule has 0 spiro atoms. The Balaban J connectivity index is 0.000000622. The maximum atomic E-state index is 13.1. The summed E-state index contributed by atoms with van der Waals surface area (Å²) in [6.45, 7) is 15.5. The summed E-state index contributed by atoms with van der Waals surface area (Å²) in [5.74, 6) is -1.88. The molecule has 370 valence electrons. The molecule has 0 heterocycles. The zero-order chi connectivity index (χ0) is 49.5. The predicted molar refractivity (Wildman–Crippen MR) is 264 cm³/mol. The molecule has 0 aliphatic heterocycles. The van der Waals surface area contributed by atoms with Crippen LogP contribution in [0.5, 0.6) is 17.2 Å². The summed E-state index contributed by atoms with van der Waals surface area (Å²) in [7, 11) is -5.30. The van der Waals surface area contributed by atoms with Gasteiger partial charge in [-0.2, -0.15) is 0 Å². The lowest BCUT2D eigenvalue weighted by atomic mass is 10.1. The summed E-state index contributed by atoms with van der Waals surface area (Å²) in [5, 5.41) is 67.4. The fraction of sp³-hybridized carbons (Fsp3) is 0.400. The van der Waals surface area contributed by atoms with Gasteiger partial charge < -0.3 is 58.7 Å². The number of nitrogens with zero attached hydrogens (tertiary/aromatic N) is 4. The molecule has 68 heavy (non-hydrogen) atoms. The molecule has 0 bridgehead atoms. The van der Waals surface area contributed by atoms with Gasteiger partial charge in [0, 0.05) is 80.1 Å². The van der Waals surface area contributed by atoms with Crippen LogP contribution in [0.15, 0.2) is 98.1 Å². The third-order valence-corrected chi connectivity index (χ3v) is 16.7. The number of nitrogen functional groups attached to an aromatic ring is 1. The third-order valence-electron chi connectivity index (χ3n) is 9.81. The van der Waals surface area contributed by atoms with E-state index in [9.17, 15) is 20.1 Å². The molecule has 20 nitrogen and oxygen atoms in total. The molecule has 9 N–H and O–H groups in total. The van der Waals surface area contributed by atoms with Crippen LogP contribution < -0.4 is 16.8 Å². The number of hydrogen-bond donors (Lipinski definition) is 7. The number of benzene rings is 5. The van der Waals surface area contributed by atoms with E-state index in [0.717, 1.165) is 12.5 Å². The molecule has 0 aliphatic carbocycles. The number of amides is 1. The number of phenols is 3. The van der Waals surface area contributed by atoms with E-state index in [2.05, 4.69) is 35.1 Å². The Morgan fingerprint density at radius 3 is 1.69 bits per heavy atom. The van der Waals surface area contributed by atoms with Crippen molar-refractivity contribution in [1.82, 2.24) is 5.32 Å². The monoisotopic (exact) mass is 997 g/mol. The first-order valence-electron chi connectivity index (χ1n) is 22.3. The van der Waals surface area contributed by atoms with Crippen LogP contribution in [-0.4, -0.2) is 96.8 Å². The first-order chi connectivity index (χ1) is 32.9. The fourth-order valence-electron chi connectivity index (χ4n) is 7.01. The Morgan fingerprint density at radius 2 is 1.16 bits per heavy atom. The summed E-state index contributed by atoms with van der Waals surface area (Å²) >= 11 is 0.623. The maximum absolute atomic E-state index is 13.1. The molecule has 0 atom stereocenters. The topological polar surface area (TPSA) is 285 Å². The Labute approximate surface area is 402 Å². The van der Waals surface area contributed by atoms with Gasteiger partial charge in [-0.1, -0.05) is 35.4 Å². The van der Waals surface area contributed by atoms with E-state index in [1.807, 2.05) is 41.5 Å². The second-order valence-electron chi connectivity index (χ2n) is 14.4. The van der Waals surface area contributed by atoms with Crippen molar-refractivity contribution in [2.75, 3.05) is 58.5 Å². The van der Waals surface area contributed by atoms with Crippen LogP contribution in [0.4, 0.5) is 28.4 Å². The highest BCUT2D eigenvalue weighted by atomic mass is 32.2. The quantitative estimate of drug-likeness (QED) is 0.00490. The van der Waals surface area contributed by atoms with E-state index in [0.29, 0.717) is 114 Å². The Bertz CT molecular complexity index is 2420. The molecule has 23 heteroatoms. The van der Waals surface area contributed by atoms with Crippen molar-refractivity contribution < 1.29 is 61.3 Å². The van der Waals surface area contributed by atoms with E-state index in [4.69, 9.17) is 43.3 Å². The number of nitrogens with two attached hydrogens (primary N) is 2. The van der Waals surface area contributed by atoms with Crippen LogP contribution >= 0.6 is 12.0 Å². The van der Waals surface area contributed by atoms with E-state index in [1.165, 1.54) is 12.1 Å². The zero-order valence-electron chi connectivity index (χ0n) is 39.2. The van der Waals surface area contributed by atoms with Crippen LogP contribution in [0.2, 0.25) is 12.1 Å². The van der Waals surface area contributed by atoms with Gasteiger partial charge in [-0.25, -0.2) is 5.26 Å². The molecule has 0 unspecified atom stereocenters. The lowest BCUT2D eigenvalue weighted by Crippen LogP contribution is -2.46. The smallest absolute Gasteiger partial charge is 0.500 e. The van der Waals surface area contributed by atoms with Crippen LogP contribution in [0.3, 0.4) is 0 Å². The SMILES string of the molecule is CCO[Si](CCCN)(OCC)OCC.CCO[Si](CCCNC(=O)c1c(O)ccc(N=Nc2ccc(N=Nc3c(SOOO)cc4ccc(N)cc4c3O)c3ccccc23)c1O)(OCC)OCC. The number of nitrogens with one attached hydrogen (secondary N) is 1. The summed E-state index contributed by atoms with van der Waals surface area (Å²) in [6.07, 6.45) is 1.37. The number of carbonyl (C=O) groups excluding carboxylic acids is 1. The van der Waals surface area contributed by atoms with E-state index >= 15 is 0 Å². The Kier molecular flexibility index (Phi) is 23.2. The summed E-state index contributed by atoms with van der Waals surface area (Å²) in [6, 6.07) is 21.0. The fourth-order valence-corrected chi connectivity index (χ4v) is 12.8. The van der Waals surface area contributed by atoms with Crippen LogP contribution in [-0.2, 0) is 35.9 Å². The number of aromatic hydroxyl groups is 3. The number of phenolic OH excluding ortho intramolecular Hbond substituents is 3. The van der Waals surface area contributed by atoms with E-state index in [-0.39, 0.29) is 29.2 Å². The Morgan fingerprint density at radius 1 is 0.647 bits per heavy atom. The number of rotatable bonds is 27. The van der Waals surface area contributed by atoms with Crippen molar-refractivity contribution in [2.45, 2.75) is 71.4 Å². The minimum absolute atomic E-state index is 0.0436. The van der Waals surface area contributed by atoms with E-state index in [1.54, 1.807) is 60.7 Å². The van der Waals surface area contributed by atoms with Gasteiger partial charge in [0.25, 0.3) is 5.91 Å². The zero-order valence-corrected chi connectivity index (χ0v) is 42.0. The van der Waals surface area contributed by atoms with Gasteiger partial charge in [-0.15, -0.1) is 24.8 Å². The normalized spacial score (nSPS) is 12.1. The van der Waals surface area contributed by atoms with Gasteiger partial charge in [-0.05, 0) is 109 Å².